The molecule has 108 valence electrons. The third kappa shape index (κ3) is 2.36. The number of fused-ring (bicyclic) bond motifs is 1. The molecule has 0 amide bonds. The van der Waals surface area contributed by atoms with E-state index < -0.39 is 6.10 Å². The average Bonchev–Trinajstić information content (AvgIpc) is 2.86. The summed E-state index contributed by atoms with van der Waals surface area (Å²) in [5.41, 5.74) is 3.32. The summed E-state index contributed by atoms with van der Waals surface area (Å²) in [5.74, 6) is 0.576. The maximum Gasteiger partial charge on any atom is 0.162 e. The van der Waals surface area contributed by atoms with E-state index in [2.05, 4.69) is 10.1 Å². The van der Waals surface area contributed by atoms with Crippen LogP contribution in [0.1, 0.15) is 23.1 Å². The average molecular weight is 283 g/mol. The number of aromatic nitrogens is 3. The van der Waals surface area contributed by atoms with E-state index in [0.717, 1.165) is 22.2 Å². The highest BCUT2D eigenvalue weighted by Crippen LogP contribution is 2.30. The minimum atomic E-state index is -0.793. The molecule has 0 aliphatic rings. The molecular formula is C16H17N3O2. The number of aliphatic hydroxyl groups is 1. The monoisotopic (exact) mass is 283 g/mol. The van der Waals surface area contributed by atoms with Crippen LogP contribution in [0.15, 0.2) is 36.5 Å². The summed E-state index contributed by atoms with van der Waals surface area (Å²) in [6.07, 6.45) is 0.808. The quantitative estimate of drug-likeness (QED) is 0.801. The zero-order valence-corrected chi connectivity index (χ0v) is 12.2. The Bertz CT molecular complexity index is 795. The van der Waals surface area contributed by atoms with E-state index in [1.807, 2.05) is 37.3 Å². The van der Waals surface area contributed by atoms with E-state index in [1.54, 1.807) is 25.0 Å². The van der Waals surface area contributed by atoms with Gasteiger partial charge in [-0.2, -0.15) is 5.10 Å². The third-order valence-electron chi connectivity index (χ3n) is 3.60. The van der Waals surface area contributed by atoms with Crippen molar-refractivity contribution in [2.45, 2.75) is 13.0 Å². The molecular weight excluding hydrogens is 266 g/mol. The van der Waals surface area contributed by atoms with Gasteiger partial charge in [0.1, 0.15) is 11.8 Å². The molecule has 0 aliphatic carbocycles. The van der Waals surface area contributed by atoms with Gasteiger partial charge in [0.2, 0.25) is 0 Å². The lowest BCUT2D eigenvalue weighted by atomic mass is 10.0. The van der Waals surface area contributed by atoms with Crippen LogP contribution in [0.3, 0.4) is 0 Å². The fraction of sp³-hybridized carbons (Fsp3) is 0.250. The van der Waals surface area contributed by atoms with Crippen LogP contribution in [-0.4, -0.2) is 27.0 Å². The zero-order valence-electron chi connectivity index (χ0n) is 12.2. The summed E-state index contributed by atoms with van der Waals surface area (Å²) in [7, 11) is 3.35. The number of aryl methyl sites for hydroxylation is 2. The molecule has 5 heteroatoms. The van der Waals surface area contributed by atoms with E-state index in [4.69, 9.17) is 4.74 Å². The minimum absolute atomic E-state index is 0.576. The SMILES string of the molecule is COc1cnn(C)c1C(O)c1ccc2nc(C)ccc2c1. The van der Waals surface area contributed by atoms with Gasteiger partial charge < -0.3 is 9.84 Å². The topological polar surface area (TPSA) is 60.2 Å². The highest BCUT2D eigenvalue weighted by atomic mass is 16.5. The van der Waals surface area contributed by atoms with Crippen LogP contribution < -0.4 is 4.74 Å². The normalized spacial score (nSPS) is 12.6. The van der Waals surface area contributed by atoms with Crippen LogP contribution >= 0.6 is 0 Å². The number of nitrogens with zero attached hydrogens (tertiary/aromatic N) is 3. The number of aliphatic hydroxyl groups excluding tert-OH is 1. The van der Waals surface area contributed by atoms with Crippen molar-refractivity contribution in [1.82, 2.24) is 14.8 Å². The van der Waals surface area contributed by atoms with Crippen molar-refractivity contribution in [2.24, 2.45) is 7.05 Å². The molecule has 0 bridgehead atoms. The van der Waals surface area contributed by atoms with E-state index >= 15 is 0 Å². The Morgan fingerprint density at radius 3 is 2.81 bits per heavy atom. The minimum Gasteiger partial charge on any atom is -0.493 e. The number of methoxy groups -OCH3 is 1. The molecule has 0 aliphatic heterocycles. The fourth-order valence-electron chi connectivity index (χ4n) is 2.47. The maximum absolute atomic E-state index is 10.6. The molecule has 5 nitrogen and oxygen atoms in total. The van der Waals surface area contributed by atoms with Gasteiger partial charge in [-0.1, -0.05) is 12.1 Å². The standard InChI is InChI=1S/C16H17N3O2/c1-10-4-5-11-8-12(6-7-13(11)18-10)16(20)15-14(21-3)9-17-19(15)2/h4-9,16,20H,1-3H3. The molecule has 1 atom stereocenters. The molecule has 3 aromatic rings. The van der Waals surface area contributed by atoms with Crippen LogP contribution in [0.4, 0.5) is 0 Å². The van der Waals surface area contributed by atoms with Gasteiger partial charge in [-0.05, 0) is 30.7 Å². The highest BCUT2D eigenvalue weighted by Gasteiger charge is 2.20. The molecule has 2 aromatic heterocycles. The van der Waals surface area contributed by atoms with Crippen molar-refractivity contribution in [1.29, 1.82) is 0 Å². The Labute approximate surface area is 122 Å². The molecule has 1 aromatic carbocycles. The van der Waals surface area contributed by atoms with Crippen molar-refractivity contribution >= 4 is 10.9 Å². The predicted molar refractivity (Wildman–Crippen MR) is 80.3 cm³/mol. The molecule has 2 heterocycles. The van der Waals surface area contributed by atoms with Gasteiger partial charge in [0.05, 0.1) is 18.8 Å². The van der Waals surface area contributed by atoms with E-state index in [0.29, 0.717) is 11.4 Å². The highest BCUT2D eigenvalue weighted by molar-refractivity contribution is 5.79. The van der Waals surface area contributed by atoms with Gasteiger partial charge in [-0.3, -0.25) is 9.67 Å². The molecule has 3 rings (SSSR count). The molecule has 0 saturated carbocycles. The number of pyridine rings is 1. The Morgan fingerprint density at radius 1 is 1.24 bits per heavy atom. The zero-order chi connectivity index (χ0) is 15.0. The van der Waals surface area contributed by atoms with Gasteiger partial charge in [0.25, 0.3) is 0 Å². The first-order valence-electron chi connectivity index (χ1n) is 6.71. The van der Waals surface area contributed by atoms with Gasteiger partial charge in [-0.25, -0.2) is 0 Å². The Balaban J connectivity index is 2.07. The summed E-state index contributed by atoms with van der Waals surface area (Å²) in [6.45, 7) is 1.96. The van der Waals surface area contributed by atoms with Gasteiger partial charge in [-0.15, -0.1) is 0 Å². The molecule has 0 radical (unpaired) electrons. The smallest absolute Gasteiger partial charge is 0.162 e. The second kappa shape index (κ2) is 5.18. The van der Waals surface area contributed by atoms with Crippen molar-refractivity contribution in [3.05, 3.63) is 53.5 Å². The fourth-order valence-corrected chi connectivity index (χ4v) is 2.47. The van der Waals surface area contributed by atoms with Crippen LogP contribution in [0.2, 0.25) is 0 Å². The number of hydrogen-bond acceptors (Lipinski definition) is 4. The second-order valence-corrected chi connectivity index (χ2v) is 5.03. The largest absolute Gasteiger partial charge is 0.493 e. The summed E-state index contributed by atoms with van der Waals surface area (Å²) in [4.78, 5) is 4.47. The molecule has 21 heavy (non-hydrogen) atoms. The van der Waals surface area contributed by atoms with Crippen LogP contribution in [0.25, 0.3) is 10.9 Å². The molecule has 0 fully saturated rings. The van der Waals surface area contributed by atoms with E-state index in [1.165, 1.54) is 0 Å². The summed E-state index contributed by atoms with van der Waals surface area (Å²) >= 11 is 0. The van der Waals surface area contributed by atoms with Gasteiger partial charge in [0.15, 0.2) is 5.75 Å². The second-order valence-electron chi connectivity index (χ2n) is 5.03. The number of rotatable bonds is 3. The molecule has 0 saturated heterocycles. The van der Waals surface area contributed by atoms with Gasteiger partial charge in [0, 0.05) is 18.1 Å². The van der Waals surface area contributed by atoms with Gasteiger partial charge >= 0.3 is 0 Å². The van der Waals surface area contributed by atoms with Crippen molar-refractivity contribution in [3.8, 4) is 5.75 Å². The van der Waals surface area contributed by atoms with Crippen LogP contribution in [-0.2, 0) is 7.05 Å². The molecule has 1 unspecified atom stereocenters. The summed E-state index contributed by atoms with van der Waals surface area (Å²) < 4.78 is 6.88. The Kier molecular flexibility index (Phi) is 3.35. The molecule has 0 spiro atoms. The van der Waals surface area contributed by atoms with Crippen LogP contribution in [0, 0.1) is 6.92 Å². The van der Waals surface area contributed by atoms with E-state index in [9.17, 15) is 5.11 Å². The predicted octanol–water partition coefficient (Wildman–Crippen LogP) is 2.37. The maximum atomic E-state index is 10.6. The number of benzene rings is 1. The lowest BCUT2D eigenvalue weighted by Gasteiger charge is -2.14. The van der Waals surface area contributed by atoms with Crippen molar-refractivity contribution in [3.63, 3.8) is 0 Å². The van der Waals surface area contributed by atoms with Crippen LogP contribution in [0.5, 0.6) is 5.75 Å². The lowest BCUT2D eigenvalue weighted by molar-refractivity contribution is 0.204. The van der Waals surface area contributed by atoms with Crippen molar-refractivity contribution in [2.75, 3.05) is 7.11 Å². The van der Waals surface area contributed by atoms with Crippen molar-refractivity contribution < 1.29 is 9.84 Å². The third-order valence-corrected chi connectivity index (χ3v) is 3.60. The first-order chi connectivity index (χ1) is 10.1. The number of hydrogen-bond donors (Lipinski definition) is 1. The Morgan fingerprint density at radius 2 is 2.05 bits per heavy atom. The first kappa shape index (κ1) is 13.6. The number of ether oxygens (including phenoxy) is 1. The van der Waals surface area contributed by atoms with E-state index in [-0.39, 0.29) is 0 Å². The molecule has 1 N–H and O–H groups in total. The summed E-state index contributed by atoms with van der Waals surface area (Å²) in [6, 6.07) is 9.71. The first-order valence-corrected chi connectivity index (χ1v) is 6.71. The summed E-state index contributed by atoms with van der Waals surface area (Å²) in [5, 5.41) is 15.8. The Hall–Kier alpha value is -2.40. The lowest BCUT2D eigenvalue weighted by Crippen LogP contribution is -2.08.